The highest BCUT2D eigenvalue weighted by Gasteiger charge is 2.06. The van der Waals surface area contributed by atoms with Gasteiger partial charge in [0.25, 0.3) is 0 Å². The van der Waals surface area contributed by atoms with Crippen molar-refractivity contribution in [2.75, 3.05) is 0 Å². The summed E-state index contributed by atoms with van der Waals surface area (Å²) >= 11 is 0. The van der Waals surface area contributed by atoms with Crippen molar-refractivity contribution in [1.29, 1.82) is 0 Å². The second-order valence-electron chi connectivity index (χ2n) is 6.01. The van der Waals surface area contributed by atoms with Crippen molar-refractivity contribution in [2.24, 2.45) is 7.05 Å². The minimum atomic E-state index is 1.21. The molecule has 4 aromatic rings. The molecule has 24 heavy (non-hydrogen) atoms. The van der Waals surface area contributed by atoms with E-state index < -0.39 is 0 Å². The molecule has 0 spiro atoms. The summed E-state index contributed by atoms with van der Waals surface area (Å²) in [4.78, 5) is 0. The monoisotopic (exact) mass is 309 g/mol. The van der Waals surface area contributed by atoms with Crippen LogP contribution in [0.5, 0.6) is 0 Å². The maximum absolute atomic E-state index is 2.25. The van der Waals surface area contributed by atoms with Gasteiger partial charge in [0, 0.05) is 23.6 Å². The lowest BCUT2D eigenvalue weighted by Gasteiger charge is -2.05. The Hall–Kier alpha value is -3.06. The van der Waals surface area contributed by atoms with Crippen LogP contribution in [0.1, 0.15) is 11.1 Å². The molecule has 0 aliphatic rings. The first-order valence-corrected chi connectivity index (χ1v) is 8.19. The molecule has 1 nitrogen and oxygen atoms in total. The largest absolute Gasteiger partial charge is 0.344 e. The van der Waals surface area contributed by atoms with Gasteiger partial charge < -0.3 is 4.57 Å². The second kappa shape index (κ2) is 6.21. The van der Waals surface area contributed by atoms with Crippen LogP contribution in [0.4, 0.5) is 0 Å². The third kappa shape index (κ3) is 2.77. The van der Waals surface area contributed by atoms with Crippen molar-refractivity contribution in [1.82, 2.24) is 4.57 Å². The zero-order chi connectivity index (χ0) is 16.4. The van der Waals surface area contributed by atoms with Gasteiger partial charge in [-0.1, -0.05) is 84.9 Å². The molecule has 1 heteroatoms. The summed E-state index contributed by atoms with van der Waals surface area (Å²) < 4.78 is 2.25. The van der Waals surface area contributed by atoms with Crippen molar-refractivity contribution >= 4 is 23.1 Å². The fourth-order valence-electron chi connectivity index (χ4n) is 3.09. The molecule has 4 rings (SSSR count). The molecule has 116 valence electrons. The molecule has 0 unspecified atom stereocenters. The zero-order valence-electron chi connectivity index (χ0n) is 13.7. The van der Waals surface area contributed by atoms with Crippen LogP contribution in [0.3, 0.4) is 0 Å². The number of para-hydroxylation sites is 1. The number of nitrogens with zero attached hydrogens (tertiary/aromatic N) is 1. The topological polar surface area (TPSA) is 4.93 Å². The fourth-order valence-corrected chi connectivity index (χ4v) is 3.09. The lowest BCUT2D eigenvalue weighted by atomic mass is 10.1. The third-order valence-corrected chi connectivity index (χ3v) is 4.43. The molecule has 0 N–H and O–H groups in total. The summed E-state index contributed by atoms with van der Waals surface area (Å²) in [6.45, 7) is 0. The summed E-state index contributed by atoms with van der Waals surface area (Å²) in [7, 11) is 2.13. The van der Waals surface area contributed by atoms with E-state index >= 15 is 0 Å². The molecule has 0 atom stereocenters. The molecule has 0 radical (unpaired) electrons. The molecule has 0 aliphatic heterocycles. The Morgan fingerprint density at radius 3 is 2.00 bits per heavy atom. The van der Waals surface area contributed by atoms with Crippen LogP contribution < -0.4 is 0 Å². The number of rotatable bonds is 3. The Kier molecular flexibility index (Phi) is 3.76. The number of aryl methyl sites for hydroxylation is 1. The predicted octanol–water partition coefficient (Wildman–Crippen LogP) is 6.02. The molecule has 0 aliphatic carbocycles. The Morgan fingerprint density at radius 2 is 1.29 bits per heavy atom. The van der Waals surface area contributed by atoms with Gasteiger partial charge in [0.2, 0.25) is 0 Å². The maximum Gasteiger partial charge on any atom is 0.0488 e. The summed E-state index contributed by atoms with van der Waals surface area (Å²) in [6, 6.07) is 29.9. The van der Waals surface area contributed by atoms with Gasteiger partial charge in [-0.15, -0.1) is 0 Å². The Balaban J connectivity index is 1.63. The van der Waals surface area contributed by atoms with Gasteiger partial charge in [0.1, 0.15) is 0 Å². The highest BCUT2D eigenvalue weighted by Crippen LogP contribution is 2.27. The average molecular weight is 309 g/mol. The van der Waals surface area contributed by atoms with E-state index in [-0.39, 0.29) is 0 Å². The number of hydrogen-bond donors (Lipinski definition) is 0. The van der Waals surface area contributed by atoms with Crippen LogP contribution in [0.15, 0.2) is 84.9 Å². The van der Waals surface area contributed by atoms with Crippen molar-refractivity contribution in [3.63, 3.8) is 0 Å². The standard InChI is InChI=1S/C23H19N/c1-24-22-10-6-5-9-21(22)17-23(24)20-15-13-19(14-16-20)12-11-18-7-3-2-4-8-18/h2-17H,1H3. The molecule has 0 bridgehead atoms. The summed E-state index contributed by atoms with van der Waals surface area (Å²) in [6.07, 6.45) is 4.30. The Labute approximate surface area is 142 Å². The van der Waals surface area contributed by atoms with E-state index in [1.165, 1.54) is 33.3 Å². The van der Waals surface area contributed by atoms with Crippen molar-refractivity contribution < 1.29 is 0 Å². The van der Waals surface area contributed by atoms with Gasteiger partial charge in [-0.3, -0.25) is 0 Å². The number of benzene rings is 3. The third-order valence-electron chi connectivity index (χ3n) is 4.43. The van der Waals surface area contributed by atoms with Crippen LogP contribution in [0.2, 0.25) is 0 Å². The normalized spacial score (nSPS) is 11.4. The molecular weight excluding hydrogens is 290 g/mol. The van der Waals surface area contributed by atoms with E-state index in [1.54, 1.807) is 0 Å². The molecule has 1 aromatic heterocycles. The lowest BCUT2D eigenvalue weighted by Crippen LogP contribution is -1.90. The van der Waals surface area contributed by atoms with E-state index in [4.69, 9.17) is 0 Å². The van der Waals surface area contributed by atoms with Crippen molar-refractivity contribution in [3.8, 4) is 11.3 Å². The Bertz CT molecular complexity index is 989. The van der Waals surface area contributed by atoms with E-state index in [9.17, 15) is 0 Å². The van der Waals surface area contributed by atoms with Gasteiger partial charge in [-0.05, 0) is 28.8 Å². The summed E-state index contributed by atoms with van der Waals surface area (Å²) in [5, 5.41) is 1.28. The first-order valence-electron chi connectivity index (χ1n) is 8.19. The molecular formula is C23H19N. The van der Waals surface area contributed by atoms with Gasteiger partial charge in [0.15, 0.2) is 0 Å². The SMILES string of the molecule is Cn1c(-c2ccc(C=Cc3ccccc3)cc2)cc2ccccc21. The van der Waals surface area contributed by atoms with Crippen LogP contribution in [-0.4, -0.2) is 4.57 Å². The van der Waals surface area contributed by atoms with E-state index in [2.05, 4.69) is 103 Å². The van der Waals surface area contributed by atoms with E-state index in [0.717, 1.165) is 0 Å². The van der Waals surface area contributed by atoms with Crippen molar-refractivity contribution in [3.05, 3.63) is 96.1 Å². The van der Waals surface area contributed by atoms with Crippen LogP contribution in [0, 0.1) is 0 Å². The smallest absolute Gasteiger partial charge is 0.0488 e. The Morgan fingerprint density at radius 1 is 0.667 bits per heavy atom. The molecule has 1 heterocycles. The van der Waals surface area contributed by atoms with Crippen LogP contribution >= 0.6 is 0 Å². The number of hydrogen-bond acceptors (Lipinski definition) is 0. The summed E-state index contributed by atoms with van der Waals surface area (Å²) in [5.41, 5.74) is 6.18. The molecule has 0 amide bonds. The molecule has 0 fully saturated rings. The summed E-state index contributed by atoms with van der Waals surface area (Å²) in [5.74, 6) is 0. The van der Waals surface area contributed by atoms with Crippen LogP contribution in [0.25, 0.3) is 34.3 Å². The minimum Gasteiger partial charge on any atom is -0.344 e. The fraction of sp³-hybridized carbons (Fsp3) is 0.0435. The number of fused-ring (bicyclic) bond motifs is 1. The molecule has 3 aromatic carbocycles. The lowest BCUT2D eigenvalue weighted by molar-refractivity contribution is 0.978. The first kappa shape index (κ1) is 14.5. The quantitative estimate of drug-likeness (QED) is 0.408. The molecule has 0 saturated heterocycles. The predicted molar refractivity (Wildman–Crippen MR) is 104 cm³/mol. The van der Waals surface area contributed by atoms with Gasteiger partial charge in [-0.25, -0.2) is 0 Å². The van der Waals surface area contributed by atoms with E-state index in [0.29, 0.717) is 0 Å². The van der Waals surface area contributed by atoms with Gasteiger partial charge in [0.05, 0.1) is 0 Å². The van der Waals surface area contributed by atoms with Crippen LogP contribution in [-0.2, 0) is 7.05 Å². The zero-order valence-corrected chi connectivity index (χ0v) is 13.7. The van der Waals surface area contributed by atoms with Gasteiger partial charge >= 0.3 is 0 Å². The highest BCUT2D eigenvalue weighted by molar-refractivity contribution is 5.87. The molecule has 0 saturated carbocycles. The van der Waals surface area contributed by atoms with E-state index in [1.807, 2.05) is 6.07 Å². The van der Waals surface area contributed by atoms with Gasteiger partial charge in [-0.2, -0.15) is 0 Å². The highest BCUT2D eigenvalue weighted by atomic mass is 14.9. The van der Waals surface area contributed by atoms with Crippen molar-refractivity contribution in [2.45, 2.75) is 0 Å². The second-order valence-corrected chi connectivity index (χ2v) is 6.01. The maximum atomic E-state index is 2.25. The number of aromatic nitrogens is 1. The first-order chi connectivity index (χ1) is 11.8. The minimum absolute atomic E-state index is 1.21. The average Bonchev–Trinajstić information content (AvgIpc) is 2.98.